The van der Waals surface area contributed by atoms with Crippen molar-refractivity contribution in [2.45, 2.75) is 58.3 Å². The molecule has 0 bridgehead atoms. The summed E-state index contributed by atoms with van der Waals surface area (Å²) in [6.45, 7) is 7.62. The molecule has 3 unspecified atom stereocenters. The molecule has 2 heterocycles. The Bertz CT molecular complexity index is 350. The molecule has 17 heavy (non-hydrogen) atoms. The van der Waals surface area contributed by atoms with E-state index in [1.807, 2.05) is 11.3 Å². The van der Waals surface area contributed by atoms with E-state index in [0.717, 1.165) is 6.54 Å². The van der Waals surface area contributed by atoms with E-state index in [-0.39, 0.29) is 0 Å². The summed E-state index contributed by atoms with van der Waals surface area (Å²) in [5, 5.41) is 5.92. The molecular weight excluding hydrogens is 230 g/mol. The molecule has 0 amide bonds. The van der Waals surface area contributed by atoms with Crippen LogP contribution in [-0.4, -0.2) is 18.8 Å². The van der Waals surface area contributed by atoms with Crippen LogP contribution in [-0.2, 0) is 4.74 Å². The van der Waals surface area contributed by atoms with E-state index in [4.69, 9.17) is 4.74 Å². The van der Waals surface area contributed by atoms with Gasteiger partial charge in [0.15, 0.2) is 0 Å². The van der Waals surface area contributed by atoms with Gasteiger partial charge in [-0.05, 0) is 56.7 Å². The Balaban J connectivity index is 2.07. The lowest BCUT2D eigenvalue weighted by molar-refractivity contribution is 0.0317. The van der Waals surface area contributed by atoms with Gasteiger partial charge in [-0.15, -0.1) is 11.3 Å². The lowest BCUT2D eigenvalue weighted by Gasteiger charge is -2.24. The van der Waals surface area contributed by atoms with Crippen LogP contribution in [0, 0.1) is 6.92 Å². The van der Waals surface area contributed by atoms with Crippen molar-refractivity contribution >= 4 is 11.3 Å². The molecule has 1 aliphatic rings. The largest absolute Gasteiger partial charge is 0.373 e. The molecule has 1 aliphatic heterocycles. The average molecular weight is 253 g/mol. The van der Waals surface area contributed by atoms with Crippen LogP contribution in [0.15, 0.2) is 11.4 Å². The summed E-state index contributed by atoms with van der Waals surface area (Å²) >= 11 is 1.83. The van der Waals surface area contributed by atoms with Gasteiger partial charge in [-0.25, -0.2) is 0 Å². The summed E-state index contributed by atoms with van der Waals surface area (Å²) < 4.78 is 6.03. The first-order valence-electron chi connectivity index (χ1n) is 6.64. The quantitative estimate of drug-likeness (QED) is 0.864. The number of rotatable bonds is 5. The highest BCUT2D eigenvalue weighted by atomic mass is 32.1. The van der Waals surface area contributed by atoms with Crippen LogP contribution in [0.25, 0.3) is 0 Å². The van der Waals surface area contributed by atoms with Gasteiger partial charge >= 0.3 is 0 Å². The van der Waals surface area contributed by atoms with Crippen molar-refractivity contribution in [3.8, 4) is 0 Å². The number of ether oxygens (including phenoxy) is 1. The zero-order chi connectivity index (χ0) is 12.3. The van der Waals surface area contributed by atoms with Gasteiger partial charge in [-0.2, -0.15) is 0 Å². The van der Waals surface area contributed by atoms with Crippen molar-refractivity contribution in [3.63, 3.8) is 0 Å². The second kappa shape index (κ2) is 5.98. The molecule has 0 saturated carbocycles. The Morgan fingerprint density at radius 3 is 2.88 bits per heavy atom. The Morgan fingerprint density at radius 2 is 2.35 bits per heavy atom. The van der Waals surface area contributed by atoms with E-state index in [0.29, 0.717) is 18.2 Å². The molecule has 3 heteroatoms. The highest BCUT2D eigenvalue weighted by Crippen LogP contribution is 2.32. The van der Waals surface area contributed by atoms with Crippen LogP contribution in [0.5, 0.6) is 0 Å². The Labute approximate surface area is 108 Å². The van der Waals surface area contributed by atoms with Gasteiger partial charge in [0.1, 0.15) is 0 Å². The summed E-state index contributed by atoms with van der Waals surface area (Å²) in [4.78, 5) is 1.38. The summed E-state index contributed by atoms with van der Waals surface area (Å²) in [5.41, 5.74) is 1.40. The zero-order valence-electron chi connectivity index (χ0n) is 11.0. The fourth-order valence-corrected chi connectivity index (χ4v) is 3.21. The van der Waals surface area contributed by atoms with Crippen LogP contribution < -0.4 is 5.32 Å². The molecule has 1 aromatic rings. The Hall–Kier alpha value is -0.380. The van der Waals surface area contributed by atoms with Crippen LogP contribution in [0.3, 0.4) is 0 Å². The third-order valence-corrected chi connectivity index (χ3v) is 4.24. The number of nitrogens with one attached hydrogen (secondary N) is 1. The molecular formula is C14H23NOS. The maximum Gasteiger partial charge on any atom is 0.0774 e. The molecule has 96 valence electrons. The van der Waals surface area contributed by atoms with Gasteiger partial charge in [0, 0.05) is 4.88 Å². The van der Waals surface area contributed by atoms with Gasteiger partial charge in [0.25, 0.3) is 0 Å². The summed E-state index contributed by atoms with van der Waals surface area (Å²) in [6, 6.07) is 2.68. The Kier molecular flexibility index (Phi) is 4.60. The minimum absolute atomic E-state index is 0.352. The van der Waals surface area contributed by atoms with E-state index >= 15 is 0 Å². The van der Waals surface area contributed by atoms with Crippen LogP contribution >= 0.6 is 11.3 Å². The van der Waals surface area contributed by atoms with Crippen molar-refractivity contribution in [2.75, 3.05) is 6.54 Å². The van der Waals surface area contributed by atoms with Crippen molar-refractivity contribution in [3.05, 3.63) is 21.9 Å². The molecule has 2 rings (SSSR count). The highest BCUT2D eigenvalue weighted by molar-refractivity contribution is 7.10. The van der Waals surface area contributed by atoms with Crippen molar-refractivity contribution in [1.82, 2.24) is 5.32 Å². The smallest absolute Gasteiger partial charge is 0.0774 e. The molecule has 0 spiro atoms. The van der Waals surface area contributed by atoms with E-state index in [9.17, 15) is 0 Å². The van der Waals surface area contributed by atoms with E-state index in [1.165, 1.54) is 29.7 Å². The molecule has 1 saturated heterocycles. The van der Waals surface area contributed by atoms with Crippen molar-refractivity contribution < 1.29 is 4.74 Å². The van der Waals surface area contributed by atoms with Gasteiger partial charge in [0.05, 0.1) is 18.2 Å². The molecule has 1 N–H and O–H groups in total. The summed E-state index contributed by atoms with van der Waals surface area (Å²) in [6.07, 6.45) is 4.31. The highest BCUT2D eigenvalue weighted by Gasteiger charge is 2.30. The molecule has 0 aliphatic carbocycles. The first kappa shape index (κ1) is 13.1. The predicted molar refractivity (Wildman–Crippen MR) is 73.7 cm³/mol. The van der Waals surface area contributed by atoms with Crippen LogP contribution in [0.2, 0.25) is 0 Å². The lowest BCUT2D eigenvalue weighted by atomic mass is 10.0. The maximum absolute atomic E-state index is 6.03. The number of hydrogen-bond donors (Lipinski definition) is 1. The minimum Gasteiger partial charge on any atom is -0.373 e. The fourth-order valence-electron chi connectivity index (χ4n) is 2.47. The summed E-state index contributed by atoms with van der Waals surface area (Å²) in [5.74, 6) is 0. The zero-order valence-corrected chi connectivity index (χ0v) is 11.8. The Morgan fingerprint density at radius 1 is 1.53 bits per heavy atom. The third kappa shape index (κ3) is 3.30. The fraction of sp³-hybridized carbons (Fsp3) is 0.714. The molecule has 3 atom stereocenters. The SMILES string of the molecule is CCCNC(c1csc(C)c1)C1CCC(C)O1. The van der Waals surface area contributed by atoms with E-state index in [1.54, 1.807) is 0 Å². The maximum atomic E-state index is 6.03. The molecule has 1 aromatic heterocycles. The normalized spacial score (nSPS) is 26.3. The van der Waals surface area contributed by atoms with Crippen LogP contribution in [0.1, 0.15) is 49.6 Å². The predicted octanol–water partition coefficient (Wildman–Crippen LogP) is 3.66. The number of aryl methyl sites for hydroxylation is 1. The topological polar surface area (TPSA) is 21.3 Å². The second-order valence-electron chi connectivity index (χ2n) is 4.98. The van der Waals surface area contributed by atoms with Crippen molar-refractivity contribution in [1.29, 1.82) is 0 Å². The third-order valence-electron chi connectivity index (χ3n) is 3.36. The monoisotopic (exact) mass is 253 g/mol. The molecule has 1 fully saturated rings. The van der Waals surface area contributed by atoms with E-state index < -0.39 is 0 Å². The lowest BCUT2D eigenvalue weighted by Crippen LogP contribution is -2.32. The minimum atomic E-state index is 0.352. The molecule has 0 radical (unpaired) electrons. The molecule has 0 aromatic carbocycles. The van der Waals surface area contributed by atoms with Gasteiger partial charge in [-0.3, -0.25) is 0 Å². The first-order valence-corrected chi connectivity index (χ1v) is 7.52. The van der Waals surface area contributed by atoms with Crippen molar-refractivity contribution in [2.24, 2.45) is 0 Å². The molecule has 2 nitrogen and oxygen atoms in total. The number of hydrogen-bond acceptors (Lipinski definition) is 3. The van der Waals surface area contributed by atoms with Gasteiger partial charge in [-0.1, -0.05) is 6.92 Å². The average Bonchev–Trinajstić information content (AvgIpc) is 2.89. The van der Waals surface area contributed by atoms with Gasteiger partial charge < -0.3 is 10.1 Å². The first-order chi connectivity index (χ1) is 8.20. The summed E-state index contributed by atoms with van der Waals surface area (Å²) in [7, 11) is 0. The standard InChI is InChI=1S/C14H23NOS/c1-4-7-15-14(12-8-11(3)17-9-12)13-6-5-10(2)16-13/h8-10,13-15H,4-7H2,1-3H3. The second-order valence-corrected chi connectivity index (χ2v) is 6.10. The van der Waals surface area contributed by atoms with E-state index in [2.05, 4.69) is 37.5 Å². The number of thiophene rings is 1. The van der Waals surface area contributed by atoms with Gasteiger partial charge in [0.2, 0.25) is 0 Å². The van der Waals surface area contributed by atoms with Crippen LogP contribution in [0.4, 0.5) is 0 Å².